The summed E-state index contributed by atoms with van der Waals surface area (Å²) in [5.41, 5.74) is 4.06. The van der Waals surface area contributed by atoms with Crippen LogP contribution in [0.5, 0.6) is 0 Å². The minimum atomic E-state index is -3.85. The topological polar surface area (TPSA) is 130 Å². The highest BCUT2D eigenvalue weighted by molar-refractivity contribution is 7.89. The summed E-state index contributed by atoms with van der Waals surface area (Å²) < 4.78 is 28.7. The zero-order chi connectivity index (χ0) is 24.5. The number of carbonyl (C=O) groups is 1. The van der Waals surface area contributed by atoms with Crippen LogP contribution >= 0.6 is 0 Å². The van der Waals surface area contributed by atoms with Crippen LogP contribution in [-0.2, 0) is 16.6 Å². The quantitative estimate of drug-likeness (QED) is 0.442. The van der Waals surface area contributed by atoms with Crippen LogP contribution in [0.3, 0.4) is 0 Å². The maximum absolute atomic E-state index is 13.3. The van der Waals surface area contributed by atoms with Crippen LogP contribution < -0.4 is 10.0 Å². The number of aromatic nitrogens is 3. The van der Waals surface area contributed by atoms with Gasteiger partial charge in [-0.1, -0.05) is 30.3 Å². The minimum absolute atomic E-state index is 0.193. The van der Waals surface area contributed by atoms with Crippen LogP contribution in [0, 0.1) is 25.2 Å². The Morgan fingerprint density at radius 2 is 1.82 bits per heavy atom. The van der Waals surface area contributed by atoms with Gasteiger partial charge in [-0.25, -0.2) is 18.1 Å². The fourth-order valence-corrected chi connectivity index (χ4v) is 4.35. The fourth-order valence-electron chi connectivity index (χ4n) is 3.65. The molecular formula is C24H22N6O3S. The molecule has 0 aliphatic heterocycles. The normalized spacial score (nSPS) is 11.4. The third-order valence-corrected chi connectivity index (χ3v) is 6.81. The molecule has 0 aliphatic rings. The molecule has 0 unspecified atom stereocenters. The number of benzene rings is 2. The van der Waals surface area contributed by atoms with Crippen LogP contribution in [0.1, 0.15) is 32.9 Å². The second kappa shape index (κ2) is 9.05. The highest BCUT2D eigenvalue weighted by atomic mass is 32.2. The number of aryl methyl sites for hydroxylation is 1. The molecule has 0 aliphatic carbocycles. The molecule has 34 heavy (non-hydrogen) atoms. The Morgan fingerprint density at radius 3 is 2.50 bits per heavy atom. The van der Waals surface area contributed by atoms with E-state index in [-0.39, 0.29) is 10.6 Å². The molecule has 2 aromatic heterocycles. The van der Waals surface area contributed by atoms with E-state index in [1.807, 2.05) is 19.1 Å². The van der Waals surface area contributed by atoms with Gasteiger partial charge in [0, 0.05) is 5.39 Å². The van der Waals surface area contributed by atoms with Gasteiger partial charge in [-0.05, 0) is 50.7 Å². The molecule has 2 N–H and O–H groups in total. The molecule has 4 aromatic rings. The molecule has 0 saturated heterocycles. The van der Waals surface area contributed by atoms with Crippen molar-refractivity contribution in [3.05, 3.63) is 82.7 Å². The number of nitrogens with zero attached hydrogens (tertiary/aromatic N) is 4. The Bertz CT molecular complexity index is 1550. The van der Waals surface area contributed by atoms with E-state index in [4.69, 9.17) is 5.26 Å². The van der Waals surface area contributed by atoms with Crippen molar-refractivity contribution < 1.29 is 13.2 Å². The monoisotopic (exact) mass is 474 g/mol. The number of sulfonamides is 1. The lowest BCUT2D eigenvalue weighted by Gasteiger charge is -2.11. The third-order valence-electron chi connectivity index (χ3n) is 5.52. The van der Waals surface area contributed by atoms with Gasteiger partial charge in [0.05, 0.1) is 46.3 Å². The number of hydrogen-bond donors (Lipinski definition) is 2. The smallest absolute Gasteiger partial charge is 0.257 e. The second-order valence-corrected chi connectivity index (χ2v) is 9.53. The van der Waals surface area contributed by atoms with E-state index >= 15 is 0 Å². The average Bonchev–Trinajstić information content (AvgIpc) is 3.10. The number of hydrogen-bond acceptors (Lipinski definition) is 6. The molecule has 0 bridgehead atoms. The molecule has 2 heterocycles. The Labute approximate surface area is 197 Å². The summed E-state index contributed by atoms with van der Waals surface area (Å²) in [5, 5.41) is 16.7. The highest BCUT2D eigenvalue weighted by Gasteiger charge is 2.22. The summed E-state index contributed by atoms with van der Waals surface area (Å²) in [5.74, 6) is -0.463. The van der Waals surface area contributed by atoms with Crippen LogP contribution in [0.15, 0.2) is 59.6 Å². The van der Waals surface area contributed by atoms with E-state index in [2.05, 4.69) is 26.2 Å². The SMILES string of the molecule is CNS(=O)(=O)c1cc(C(=O)Nc2c(C)nn(Cc3ccc(C#N)cc3)c2C)c2ccccc2n1. The number of amides is 1. The van der Waals surface area contributed by atoms with E-state index in [9.17, 15) is 13.2 Å². The van der Waals surface area contributed by atoms with Gasteiger partial charge >= 0.3 is 0 Å². The van der Waals surface area contributed by atoms with E-state index in [0.717, 1.165) is 11.3 Å². The molecule has 0 spiro atoms. The number of rotatable bonds is 6. The lowest BCUT2D eigenvalue weighted by molar-refractivity contribution is 0.102. The van der Waals surface area contributed by atoms with Gasteiger partial charge in [-0.15, -0.1) is 0 Å². The van der Waals surface area contributed by atoms with Crippen LogP contribution in [0.2, 0.25) is 0 Å². The second-order valence-electron chi connectivity index (χ2n) is 7.70. The number of nitrogens with one attached hydrogen (secondary N) is 2. The molecule has 0 saturated carbocycles. The van der Waals surface area contributed by atoms with Crippen molar-refractivity contribution in [1.82, 2.24) is 19.5 Å². The summed E-state index contributed by atoms with van der Waals surface area (Å²) in [6, 6.07) is 17.5. The molecule has 0 fully saturated rings. The van der Waals surface area contributed by atoms with E-state index in [0.29, 0.717) is 34.4 Å². The van der Waals surface area contributed by atoms with Crippen molar-refractivity contribution in [1.29, 1.82) is 5.26 Å². The summed E-state index contributed by atoms with van der Waals surface area (Å²) in [4.78, 5) is 17.5. The molecule has 0 atom stereocenters. The predicted octanol–water partition coefficient (Wildman–Crippen LogP) is 3.13. The number of nitriles is 1. The zero-order valence-corrected chi connectivity index (χ0v) is 19.6. The maximum atomic E-state index is 13.3. The van der Waals surface area contributed by atoms with Gasteiger partial charge < -0.3 is 5.32 Å². The first-order chi connectivity index (χ1) is 16.2. The number of anilines is 1. The molecule has 9 nitrogen and oxygen atoms in total. The minimum Gasteiger partial charge on any atom is -0.319 e. The van der Waals surface area contributed by atoms with E-state index in [1.54, 1.807) is 48.0 Å². The molecular weight excluding hydrogens is 452 g/mol. The molecule has 1 amide bonds. The van der Waals surface area contributed by atoms with E-state index < -0.39 is 15.9 Å². The Balaban J connectivity index is 1.69. The van der Waals surface area contributed by atoms with Crippen LogP contribution in [0.25, 0.3) is 10.9 Å². The van der Waals surface area contributed by atoms with Crippen molar-refractivity contribution in [3.63, 3.8) is 0 Å². The van der Waals surface area contributed by atoms with Crippen LogP contribution in [0.4, 0.5) is 5.69 Å². The standard InChI is InChI=1S/C24H22N6O3S/c1-15-23(16(2)30(29-15)14-18-10-8-17(13-25)9-11-18)28-24(31)20-12-22(34(32,33)26-3)27-21-7-5-4-6-19(20)21/h4-12,26H,14H2,1-3H3,(H,28,31). The summed E-state index contributed by atoms with van der Waals surface area (Å²) in [6.07, 6.45) is 0. The molecule has 4 rings (SSSR count). The molecule has 2 aromatic carbocycles. The Hall–Kier alpha value is -4.07. The molecule has 0 radical (unpaired) electrons. The first-order valence-corrected chi connectivity index (χ1v) is 11.9. The predicted molar refractivity (Wildman–Crippen MR) is 128 cm³/mol. The van der Waals surface area contributed by atoms with Crippen LogP contribution in [-0.4, -0.2) is 36.1 Å². The lowest BCUT2D eigenvalue weighted by atomic mass is 10.1. The van der Waals surface area contributed by atoms with Gasteiger partial charge in [-0.3, -0.25) is 9.48 Å². The van der Waals surface area contributed by atoms with Gasteiger partial charge in [0.15, 0.2) is 5.03 Å². The van der Waals surface area contributed by atoms with Crippen molar-refractivity contribution >= 4 is 32.5 Å². The van der Waals surface area contributed by atoms with Crippen molar-refractivity contribution in [2.45, 2.75) is 25.4 Å². The Kier molecular flexibility index (Phi) is 6.15. The average molecular weight is 475 g/mol. The molecule has 172 valence electrons. The molecule has 10 heteroatoms. The van der Waals surface area contributed by atoms with Crippen molar-refractivity contribution in [2.75, 3.05) is 12.4 Å². The summed E-state index contributed by atoms with van der Waals surface area (Å²) in [6.45, 7) is 4.11. The maximum Gasteiger partial charge on any atom is 0.257 e. The van der Waals surface area contributed by atoms with Gasteiger partial charge in [0.2, 0.25) is 0 Å². The third kappa shape index (κ3) is 4.39. The van der Waals surface area contributed by atoms with E-state index in [1.165, 1.54) is 13.1 Å². The first kappa shape index (κ1) is 23.1. The zero-order valence-electron chi connectivity index (χ0n) is 18.8. The number of para-hydroxylation sites is 1. The summed E-state index contributed by atoms with van der Waals surface area (Å²) in [7, 11) is -2.56. The number of carbonyl (C=O) groups excluding carboxylic acids is 1. The number of pyridine rings is 1. The fraction of sp³-hybridized carbons (Fsp3) is 0.167. The van der Waals surface area contributed by atoms with Crippen molar-refractivity contribution in [2.24, 2.45) is 0 Å². The van der Waals surface area contributed by atoms with Gasteiger partial charge in [0.25, 0.3) is 15.9 Å². The number of fused-ring (bicyclic) bond motifs is 1. The lowest BCUT2D eigenvalue weighted by Crippen LogP contribution is -2.21. The highest BCUT2D eigenvalue weighted by Crippen LogP contribution is 2.25. The first-order valence-electron chi connectivity index (χ1n) is 10.4. The Morgan fingerprint density at radius 1 is 1.12 bits per heavy atom. The van der Waals surface area contributed by atoms with Gasteiger partial charge in [0.1, 0.15) is 0 Å². The van der Waals surface area contributed by atoms with Gasteiger partial charge in [-0.2, -0.15) is 10.4 Å². The largest absolute Gasteiger partial charge is 0.319 e. The summed E-state index contributed by atoms with van der Waals surface area (Å²) >= 11 is 0. The van der Waals surface area contributed by atoms with Crippen molar-refractivity contribution in [3.8, 4) is 6.07 Å².